The van der Waals surface area contributed by atoms with Crippen LogP contribution in [0.4, 0.5) is 5.69 Å². The summed E-state index contributed by atoms with van der Waals surface area (Å²) in [7, 11) is 3.83. The number of fused-ring (bicyclic) bond motifs is 1. The van der Waals surface area contributed by atoms with Gasteiger partial charge >= 0.3 is 0 Å². The van der Waals surface area contributed by atoms with Gasteiger partial charge in [-0.05, 0) is 64.5 Å². The lowest BCUT2D eigenvalue weighted by molar-refractivity contribution is 0.0968. The van der Waals surface area contributed by atoms with E-state index in [9.17, 15) is 4.79 Å². The first-order valence-corrected chi connectivity index (χ1v) is 10.3. The van der Waals surface area contributed by atoms with E-state index in [4.69, 9.17) is 10.7 Å². The number of pyridine rings is 1. The fourth-order valence-corrected chi connectivity index (χ4v) is 5.40. The number of nitrogen functional groups attached to an aromatic ring is 1. The molecule has 2 aliphatic heterocycles. The highest BCUT2D eigenvalue weighted by Crippen LogP contribution is 2.38. The van der Waals surface area contributed by atoms with E-state index in [2.05, 4.69) is 28.2 Å². The van der Waals surface area contributed by atoms with Crippen LogP contribution in [0.15, 0.2) is 12.1 Å². The van der Waals surface area contributed by atoms with Crippen LogP contribution in [-0.2, 0) is 0 Å². The van der Waals surface area contributed by atoms with Crippen LogP contribution in [0.25, 0.3) is 10.2 Å². The van der Waals surface area contributed by atoms with Crippen molar-refractivity contribution >= 4 is 33.1 Å². The molecule has 4 rings (SSSR count). The van der Waals surface area contributed by atoms with Gasteiger partial charge in [-0.2, -0.15) is 0 Å². The summed E-state index contributed by atoms with van der Waals surface area (Å²) >= 11 is 1.39. The number of aromatic nitrogens is 1. The van der Waals surface area contributed by atoms with Gasteiger partial charge in [0.05, 0.1) is 17.4 Å². The fourth-order valence-electron chi connectivity index (χ4n) is 4.35. The number of hydrogen-bond acceptors (Lipinski definition) is 6. The summed E-state index contributed by atoms with van der Waals surface area (Å²) in [5, 5.41) is 3.55. The molecule has 0 aromatic carbocycles. The number of nitrogens with one attached hydrogen (secondary N) is 1. The first-order valence-electron chi connectivity index (χ1n) is 9.43. The van der Waals surface area contributed by atoms with Crippen LogP contribution in [0.1, 0.15) is 47.1 Å². The number of nitrogens with two attached hydrogens (primary N) is 1. The van der Waals surface area contributed by atoms with Crippen molar-refractivity contribution in [3.63, 3.8) is 0 Å². The zero-order valence-corrected chi connectivity index (χ0v) is 16.3. The van der Waals surface area contributed by atoms with Gasteiger partial charge in [-0.15, -0.1) is 11.3 Å². The van der Waals surface area contributed by atoms with Gasteiger partial charge in [0.2, 0.25) is 0 Å². The Labute approximate surface area is 158 Å². The molecule has 0 spiro atoms. The number of amides is 1. The number of hydrogen-bond donors (Lipinski definition) is 2. The van der Waals surface area contributed by atoms with Crippen LogP contribution in [0.2, 0.25) is 0 Å². The Bertz CT molecular complexity index is 812. The first-order chi connectivity index (χ1) is 12.6. The van der Waals surface area contributed by atoms with Gasteiger partial charge in [0.15, 0.2) is 0 Å². The fraction of sp³-hybridized carbons (Fsp3) is 0.579. The lowest BCUT2D eigenvalue weighted by Gasteiger charge is -2.38. The number of nitrogens with zero attached hydrogens (tertiary/aromatic N) is 3. The number of piperidine rings is 1. The zero-order chi connectivity index (χ0) is 18.3. The maximum absolute atomic E-state index is 12.0. The Morgan fingerprint density at radius 1 is 1.27 bits per heavy atom. The third kappa shape index (κ3) is 3.08. The minimum atomic E-state index is -0.138. The van der Waals surface area contributed by atoms with Crippen LogP contribution in [0.3, 0.4) is 0 Å². The molecule has 7 heteroatoms. The molecular weight excluding hydrogens is 346 g/mol. The highest BCUT2D eigenvalue weighted by atomic mass is 32.1. The SMILES string of the molecule is CNC(=O)c1sc2nc([C@@H]3CCCN3C3CCN(C)CC3)ccc2c1N. The predicted molar refractivity (Wildman–Crippen MR) is 107 cm³/mol. The molecule has 2 fully saturated rings. The summed E-state index contributed by atoms with van der Waals surface area (Å²) in [6.07, 6.45) is 4.87. The number of thiophene rings is 1. The minimum Gasteiger partial charge on any atom is -0.397 e. The van der Waals surface area contributed by atoms with Crippen molar-refractivity contribution in [3.05, 3.63) is 22.7 Å². The molecule has 0 unspecified atom stereocenters. The molecule has 2 aromatic heterocycles. The molecule has 1 amide bonds. The average molecular weight is 374 g/mol. The van der Waals surface area contributed by atoms with Gasteiger partial charge in [0.1, 0.15) is 9.71 Å². The van der Waals surface area contributed by atoms with E-state index >= 15 is 0 Å². The van der Waals surface area contributed by atoms with Gasteiger partial charge < -0.3 is 16.0 Å². The van der Waals surface area contributed by atoms with Gasteiger partial charge in [0.25, 0.3) is 5.91 Å². The summed E-state index contributed by atoms with van der Waals surface area (Å²) in [4.78, 5) is 23.4. The largest absolute Gasteiger partial charge is 0.397 e. The first kappa shape index (κ1) is 17.7. The van der Waals surface area contributed by atoms with Gasteiger partial charge in [0, 0.05) is 18.5 Å². The Hall–Kier alpha value is -1.70. The second-order valence-electron chi connectivity index (χ2n) is 7.44. The standard InChI is InChI=1S/C19H27N5OS/c1-21-18(25)17-16(20)13-5-6-14(22-19(13)26-17)15-4-3-9-24(15)12-7-10-23(2)11-8-12/h5-6,12,15H,3-4,7-11,20H2,1-2H3,(H,21,25)/t15-/m0/s1. The molecule has 0 bridgehead atoms. The smallest absolute Gasteiger partial charge is 0.263 e. The van der Waals surface area contributed by atoms with Crippen molar-refractivity contribution in [3.8, 4) is 0 Å². The summed E-state index contributed by atoms with van der Waals surface area (Å²) in [6, 6.07) is 5.20. The summed E-state index contributed by atoms with van der Waals surface area (Å²) < 4.78 is 0. The van der Waals surface area contributed by atoms with Crippen LogP contribution < -0.4 is 11.1 Å². The Morgan fingerprint density at radius 3 is 2.77 bits per heavy atom. The van der Waals surface area contributed by atoms with E-state index in [0.717, 1.165) is 28.9 Å². The van der Waals surface area contributed by atoms with Gasteiger partial charge in [-0.3, -0.25) is 9.69 Å². The second kappa shape index (κ2) is 7.13. The molecule has 0 saturated carbocycles. The Balaban J connectivity index is 1.62. The minimum absolute atomic E-state index is 0.138. The number of carbonyl (C=O) groups is 1. The molecule has 2 aliphatic rings. The summed E-state index contributed by atoms with van der Waals surface area (Å²) in [6.45, 7) is 3.52. The van der Waals surface area contributed by atoms with Crippen LogP contribution in [0, 0.1) is 0 Å². The quantitative estimate of drug-likeness (QED) is 0.865. The van der Waals surface area contributed by atoms with Crippen molar-refractivity contribution < 1.29 is 4.79 Å². The van der Waals surface area contributed by atoms with Crippen molar-refractivity contribution in [2.45, 2.75) is 37.8 Å². The molecule has 26 heavy (non-hydrogen) atoms. The molecule has 6 nitrogen and oxygen atoms in total. The number of anilines is 1. The maximum atomic E-state index is 12.0. The van der Waals surface area contributed by atoms with E-state index in [1.54, 1.807) is 7.05 Å². The highest BCUT2D eigenvalue weighted by Gasteiger charge is 2.34. The Morgan fingerprint density at radius 2 is 2.04 bits per heavy atom. The molecule has 3 N–H and O–H groups in total. The molecule has 140 valence electrons. The monoisotopic (exact) mass is 373 g/mol. The van der Waals surface area contributed by atoms with Crippen molar-refractivity contribution in [1.82, 2.24) is 20.1 Å². The van der Waals surface area contributed by atoms with E-state index in [1.165, 1.54) is 43.7 Å². The Kier molecular flexibility index (Phi) is 4.86. The summed E-state index contributed by atoms with van der Waals surface area (Å²) in [5.74, 6) is -0.138. The van der Waals surface area contributed by atoms with Crippen molar-refractivity contribution in [1.29, 1.82) is 0 Å². The highest BCUT2D eigenvalue weighted by molar-refractivity contribution is 7.21. The van der Waals surface area contributed by atoms with E-state index in [1.807, 2.05) is 6.07 Å². The summed E-state index contributed by atoms with van der Waals surface area (Å²) in [5.41, 5.74) is 7.84. The number of rotatable bonds is 3. The second-order valence-corrected chi connectivity index (χ2v) is 8.44. The topological polar surface area (TPSA) is 74.5 Å². The molecular formula is C19H27N5OS. The third-order valence-corrected chi connectivity index (χ3v) is 6.96. The number of likely N-dealkylation sites (tertiary alicyclic amines) is 2. The van der Waals surface area contributed by atoms with Crippen LogP contribution in [-0.4, -0.2) is 60.5 Å². The third-order valence-electron chi connectivity index (χ3n) is 5.84. The van der Waals surface area contributed by atoms with Gasteiger partial charge in [-0.25, -0.2) is 4.98 Å². The van der Waals surface area contributed by atoms with E-state index in [-0.39, 0.29) is 5.91 Å². The van der Waals surface area contributed by atoms with Crippen molar-refractivity contribution in [2.24, 2.45) is 0 Å². The zero-order valence-electron chi connectivity index (χ0n) is 15.5. The van der Waals surface area contributed by atoms with E-state index < -0.39 is 0 Å². The predicted octanol–water partition coefficient (Wildman–Crippen LogP) is 2.47. The normalized spacial score (nSPS) is 22.9. The van der Waals surface area contributed by atoms with Crippen molar-refractivity contribution in [2.75, 3.05) is 39.5 Å². The molecule has 2 aromatic rings. The van der Waals surface area contributed by atoms with Crippen LogP contribution >= 0.6 is 11.3 Å². The molecule has 0 radical (unpaired) electrons. The van der Waals surface area contributed by atoms with Crippen LogP contribution in [0.5, 0.6) is 0 Å². The molecule has 4 heterocycles. The average Bonchev–Trinajstić information content (AvgIpc) is 3.26. The number of carbonyl (C=O) groups excluding carboxylic acids is 1. The molecule has 0 aliphatic carbocycles. The lowest BCUT2D eigenvalue weighted by Crippen LogP contribution is -2.43. The van der Waals surface area contributed by atoms with Gasteiger partial charge in [-0.1, -0.05) is 0 Å². The van der Waals surface area contributed by atoms with E-state index in [0.29, 0.717) is 22.6 Å². The molecule has 1 atom stereocenters. The molecule has 2 saturated heterocycles. The maximum Gasteiger partial charge on any atom is 0.263 e. The lowest BCUT2D eigenvalue weighted by atomic mass is 10.0.